The molecule has 0 aliphatic rings. The number of nitrogens with one attached hydrogen (secondary N) is 1. The summed E-state index contributed by atoms with van der Waals surface area (Å²) in [5.41, 5.74) is 2.54. The van der Waals surface area contributed by atoms with Crippen LogP contribution >= 0.6 is 22.7 Å². The predicted molar refractivity (Wildman–Crippen MR) is 75.9 cm³/mol. The van der Waals surface area contributed by atoms with Crippen molar-refractivity contribution in [2.24, 2.45) is 0 Å². The number of aromatic nitrogens is 1. The predicted octanol–water partition coefficient (Wildman–Crippen LogP) is 3.98. The fourth-order valence-electron chi connectivity index (χ4n) is 1.67. The van der Waals surface area contributed by atoms with Gasteiger partial charge in [0.05, 0.1) is 10.7 Å². The standard InChI is InChI=1S/C13H18N2S2/c1-8-5-12(17-10(8)3)6-14-9(2)13-7-16-11(4)15-13/h5,7,9,14H,6H2,1-4H3. The van der Waals surface area contributed by atoms with Crippen molar-refractivity contribution >= 4 is 22.7 Å². The van der Waals surface area contributed by atoms with E-state index in [1.807, 2.05) is 18.3 Å². The quantitative estimate of drug-likeness (QED) is 0.905. The van der Waals surface area contributed by atoms with Crippen LogP contribution < -0.4 is 5.32 Å². The van der Waals surface area contributed by atoms with E-state index < -0.39 is 0 Å². The molecule has 1 unspecified atom stereocenters. The molecule has 0 saturated carbocycles. The van der Waals surface area contributed by atoms with E-state index in [1.54, 1.807) is 11.3 Å². The van der Waals surface area contributed by atoms with Gasteiger partial charge in [-0.05, 0) is 39.3 Å². The molecule has 92 valence electrons. The van der Waals surface area contributed by atoms with Crippen molar-refractivity contribution < 1.29 is 0 Å². The highest BCUT2D eigenvalue weighted by atomic mass is 32.1. The Kier molecular flexibility index (Phi) is 3.97. The summed E-state index contributed by atoms with van der Waals surface area (Å²) >= 11 is 3.59. The molecule has 0 aliphatic heterocycles. The van der Waals surface area contributed by atoms with E-state index in [1.165, 1.54) is 15.3 Å². The SMILES string of the molecule is Cc1nc(C(C)NCc2cc(C)c(C)s2)cs1. The average molecular weight is 266 g/mol. The monoisotopic (exact) mass is 266 g/mol. The van der Waals surface area contributed by atoms with Gasteiger partial charge >= 0.3 is 0 Å². The van der Waals surface area contributed by atoms with Crippen molar-refractivity contribution in [2.75, 3.05) is 0 Å². The Labute approximate surface area is 111 Å². The highest BCUT2D eigenvalue weighted by molar-refractivity contribution is 7.12. The molecule has 0 amide bonds. The van der Waals surface area contributed by atoms with Gasteiger partial charge in [0, 0.05) is 27.7 Å². The number of hydrogen-bond acceptors (Lipinski definition) is 4. The van der Waals surface area contributed by atoms with Gasteiger partial charge in [0.1, 0.15) is 0 Å². The number of thiophene rings is 1. The molecule has 0 fully saturated rings. The van der Waals surface area contributed by atoms with Gasteiger partial charge in [0.25, 0.3) is 0 Å². The first-order chi connectivity index (χ1) is 8.06. The van der Waals surface area contributed by atoms with E-state index in [2.05, 4.69) is 42.5 Å². The molecule has 2 aromatic heterocycles. The Morgan fingerprint density at radius 3 is 2.65 bits per heavy atom. The summed E-state index contributed by atoms with van der Waals surface area (Å²) in [6.45, 7) is 9.49. The van der Waals surface area contributed by atoms with Gasteiger partial charge in [-0.3, -0.25) is 0 Å². The number of hydrogen-bond donors (Lipinski definition) is 1. The van der Waals surface area contributed by atoms with Crippen molar-refractivity contribution in [2.45, 2.75) is 40.3 Å². The number of nitrogens with zero attached hydrogens (tertiary/aromatic N) is 1. The maximum Gasteiger partial charge on any atom is 0.0898 e. The van der Waals surface area contributed by atoms with Crippen molar-refractivity contribution in [3.63, 3.8) is 0 Å². The Bertz CT molecular complexity index is 480. The molecule has 1 N–H and O–H groups in total. The smallest absolute Gasteiger partial charge is 0.0898 e. The minimum atomic E-state index is 0.322. The van der Waals surface area contributed by atoms with Gasteiger partial charge in [-0.2, -0.15) is 0 Å². The topological polar surface area (TPSA) is 24.9 Å². The van der Waals surface area contributed by atoms with Crippen molar-refractivity contribution in [3.8, 4) is 0 Å². The maximum absolute atomic E-state index is 4.51. The van der Waals surface area contributed by atoms with Crippen LogP contribution in [0.15, 0.2) is 11.4 Å². The van der Waals surface area contributed by atoms with Gasteiger partial charge in [0.15, 0.2) is 0 Å². The van der Waals surface area contributed by atoms with Crippen LogP contribution in [0.2, 0.25) is 0 Å². The van der Waals surface area contributed by atoms with E-state index in [0.717, 1.165) is 17.2 Å². The number of rotatable bonds is 4. The second-order valence-corrected chi connectivity index (χ2v) is 6.75. The van der Waals surface area contributed by atoms with Gasteiger partial charge in [-0.15, -0.1) is 22.7 Å². The molecule has 2 heterocycles. The number of thiazole rings is 1. The molecule has 1 atom stereocenters. The summed E-state index contributed by atoms with van der Waals surface area (Å²) in [6, 6.07) is 2.59. The Morgan fingerprint density at radius 2 is 2.12 bits per heavy atom. The van der Waals surface area contributed by atoms with Gasteiger partial charge < -0.3 is 5.32 Å². The molecular formula is C13H18N2S2. The molecule has 2 aromatic rings. The third-order valence-corrected chi connectivity index (χ3v) is 4.82. The zero-order valence-electron chi connectivity index (χ0n) is 10.7. The minimum Gasteiger partial charge on any atom is -0.304 e. The van der Waals surface area contributed by atoms with Crippen LogP contribution in [-0.2, 0) is 6.54 Å². The van der Waals surface area contributed by atoms with Crippen molar-refractivity contribution in [1.29, 1.82) is 0 Å². The lowest BCUT2D eigenvalue weighted by atomic mass is 10.2. The zero-order valence-corrected chi connectivity index (χ0v) is 12.3. The third kappa shape index (κ3) is 3.15. The van der Waals surface area contributed by atoms with Gasteiger partial charge in [-0.25, -0.2) is 4.98 Å². The van der Waals surface area contributed by atoms with Gasteiger partial charge in [-0.1, -0.05) is 0 Å². The molecule has 4 heteroatoms. The van der Waals surface area contributed by atoms with Crippen LogP contribution in [0, 0.1) is 20.8 Å². The molecule has 0 aromatic carbocycles. The molecule has 0 saturated heterocycles. The Morgan fingerprint density at radius 1 is 1.35 bits per heavy atom. The minimum absolute atomic E-state index is 0.322. The summed E-state index contributed by atoms with van der Waals surface area (Å²) in [4.78, 5) is 7.32. The van der Waals surface area contributed by atoms with Crippen LogP contribution in [0.1, 0.15) is 39.0 Å². The first kappa shape index (κ1) is 12.7. The summed E-state index contributed by atoms with van der Waals surface area (Å²) in [5.74, 6) is 0. The molecule has 2 rings (SSSR count). The summed E-state index contributed by atoms with van der Waals surface area (Å²) in [6.07, 6.45) is 0. The summed E-state index contributed by atoms with van der Waals surface area (Å²) in [7, 11) is 0. The van der Waals surface area contributed by atoms with Crippen LogP contribution in [0.25, 0.3) is 0 Å². The molecule has 0 aliphatic carbocycles. The lowest BCUT2D eigenvalue weighted by molar-refractivity contribution is 0.567. The van der Waals surface area contributed by atoms with Crippen LogP contribution in [0.3, 0.4) is 0 Å². The maximum atomic E-state index is 4.51. The highest BCUT2D eigenvalue weighted by Crippen LogP contribution is 2.22. The van der Waals surface area contributed by atoms with E-state index in [-0.39, 0.29) is 0 Å². The molecule has 0 bridgehead atoms. The first-order valence-corrected chi connectivity index (χ1v) is 7.47. The number of aryl methyl sites for hydroxylation is 3. The lowest BCUT2D eigenvalue weighted by Crippen LogP contribution is -2.17. The zero-order chi connectivity index (χ0) is 12.4. The largest absolute Gasteiger partial charge is 0.304 e. The average Bonchev–Trinajstić information content (AvgIpc) is 2.83. The molecule has 0 radical (unpaired) electrons. The van der Waals surface area contributed by atoms with E-state index in [9.17, 15) is 0 Å². The van der Waals surface area contributed by atoms with Crippen LogP contribution in [0.5, 0.6) is 0 Å². The van der Waals surface area contributed by atoms with Crippen molar-refractivity contribution in [3.05, 3.63) is 37.5 Å². The highest BCUT2D eigenvalue weighted by Gasteiger charge is 2.09. The fraction of sp³-hybridized carbons (Fsp3) is 0.462. The molecular weight excluding hydrogens is 248 g/mol. The van der Waals surface area contributed by atoms with E-state index in [4.69, 9.17) is 0 Å². The summed E-state index contributed by atoms with van der Waals surface area (Å²) in [5, 5.41) is 6.80. The van der Waals surface area contributed by atoms with Gasteiger partial charge in [0.2, 0.25) is 0 Å². The first-order valence-electron chi connectivity index (χ1n) is 5.77. The summed E-state index contributed by atoms with van der Waals surface area (Å²) < 4.78 is 0. The van der Waals surface area contributed by atoms with Crippen molar-refractivity contribution in [1.82, 2.24) is 10.3 Å². The molecule has 0 spiro atoms. The Balaban J connectivity index is 1.94. The second kappa shape index (κ2) is 5.29. The van der Waals surface area contributed by atoms with Crippen LogP contribution in [0.4, 0.5) is 0 Å². The second-order valence-electron chi connectivity index (χ2n) is 4.35. The third-order valence-electron chi connectivity index (χ3n) is 2.88. The molecule has 2 nitrogen and oxygen atoms in total. The lowest BCUT2D eigenvalue weighted by Gasteiger charge is -2.10. The van der Waals surface area contributed by atoms with Crippen LogP contribution in [-0.4, -0.2) is 4.98 Å². The van der Waals surface area contributed by atoms with E-state index >= 15 is 0 Å². The normalized spacial score (nSPS) is 12.9. The fourth-order valence-corrected chi connectivity index (χ4v) is 3.38. The molecule has 17 heavy (non-hydrogen) atoms. The van der Waals surface area contributed by atoms with E-state index in [0.29, 0.717) is 6.04 Å². The Hall–Kier alpha value is -0.710.